The van der Waals surface area contributed by atoms with Crippen LogP contribution in [0.1, 0.15) is 19.3 Å². The second kappa shape index (κ2) is 5.39. The van der Waals surface area contributed by atoms with E-state index in [1.165, 1.54) is 5.57 Å². The van der Waals surface area contributed by atoms with E-state index in [1.54, 1.807) is 7.11 Å². The molecule has 0 heterocycles. The Balaban J connectivity index is 2.93. The minimum absolute atomic E-state index is 0.819. The molecule has 0 unspecified atom stereocenters. The monoisotopic (exact) mass is 238 g/mol. The van der Waals surface area contributed by atoms with E-state index in [0.717, 1.165) is 30.8 Å². The number of hydrogen-bond acceptors (Lipinski definition) is 2. The molecule has 0 aromatic carbocycles. The summed E-state index contributed by atoms with van der Waals surface area (Å²) in [6.07, 6.45) is 6.88. The van der Waals surface area contributed by atoms with E-state index >= 15 is 0 Å². The van der Waals surface area contributed by atoms with Gasteiger partial charge in [0.1, 0.15) is 11.5 Å². The number of allylic oxidation sites excluding steroid dienone is 4. The van der Waals surface area contributed by atoms with Crippen molar-refractivity contribution in [1.29, 1.82) is 0 Å². The second-order valence-corrected chi connectivity index (χ2v) is 9.35. The Hall–Kier alpha value is -0.963. The summed E-state index contributed by atoms with van der Waals surface area (Å²) in [5.74, 6) is 2.07. The summed E-state index contributed by atoms with van der Waals surface area (Å²) in [6.45, 7) is 10.4. The zero-order chi connectivity index (χ0) is 12.2. The molecule has 0 saturated heterocycles. The van der Waals surface area contributed by atoms with Crippen molar-refractivity contribution in [2.45, 2.75) is 38.9 Å². The molecule has 1 aliphatic rings. The summed E-state index contributed by atoms with van der Waals surface area (Å²) in [5, 5.41) is 0. The molecule has 0 saturated carbocycles. The first-order valence-electron chi connectivity index (χ1n) is 5.74. The highest BCUT2D eigenvalue weighted by Crippen LogP contribution is 2.31. The number of methoxy groups -OCH3 is 1. The minimum atomic E-state index is -1.55. The normalized spacial score (nSPS) is 16.9. The summed E-state index contributed by atoms with van der Waals surface area (Å²) in [7, 11) is 0.182. The first-order valence-corrected chi connectivity index (χ1v) is 9.15. The Morgan fingerprint density at radius 2 is 2.12 bits per heavy atom. The van der Waals surface area contributed by atoms with Crippen molar-refractivity contribution in [3.8, 4) is 0 Å². The summed E-state index contributed by atoms with van der Waals surface area (Å²) in [6, 6.07) is 0. The van der Waals surface area contributed by atoms with E-state index in [9.17, 15) is 0 Å². The number of rotatable bonds is 5. The molecule has 16 heavy (non-hydrogen) atoms. The van der Waals surface area contributed by atoms with Crippen LogP contribution in [-0.2, 0) is 9.16 Å². The molecule has 0 fully saturated rings. The molecule has 0 bridgehead atoms. The van der Waals surface area contributed by atoms with Gasteiger partial charge in [-0.1, -0.05) is 6.08 Å². The fraction of sp³-hybridized carbons (Fsp3) is 0.538. The van der Waals surface area contributed by atoms with Crippen molar-refractivity contribution in [1.82, 2.24) is 0 Å². The molecule has 90 valence electrons. The van der Waals surface area contributed by atoms with Crippen LogP contribution in [0.3, 0.4) is 0 Å². The predicted molar refractivity (Wildman–Crippen MR) is 70.6 cm³/mol. The van der Waals surface area contributed by atoms with Crippen molar-refractivity contribution in [3.05, 3.63) is 35.8 Å². The minimum Gasteiger partial charge on any atom is -0.544 e. The van der Waals surface area contributed by atoms with Crippen LogP contribution in [0.25, 0.3) is 0 Å². The van der Waals surface area contributed by atoms with Crippen LogP contribution >= 0.6 is 0 Å². The van der Waals surface area contributed by atoms with E-state index in [1.807, 2.05) is 6.08 Å². The predicted octanol–water partition coefficient (Wildman–Crippen LogP) is 3.99. The summed E-state index contributed by atoms with van der Waals surface area (Å²) < 4.78 is 11.5. The zero-order valence-electron chi connectivity index (χ0n) is 10.8. The fourth-order valence-electron chi connectivity index (χ4n) is 1.76. The first-order chi connectivity index (χ1) is 7.48. The summed E-state index contributed by atoms with van der Waals surface area (Å²) in [4.78, 5) is 0. The molecule has 2 nitrogen and oxygen atoms in total. The van der Waals surface area contributed by atoms with E-state index < -0.39 is 8.32 Å². The largest absolute Gasteiger partial charge is 0.544 e. The van der Waals surface area contributed by atoms with Crippen LogP contribution in [0.5, 0.6) is 0 Å². The molecule has 1 rings (SSSR count). The third kappa shape index (κ3) is 3.56. The first kappa shape index (κ1) is 13.1. The van der Waals surface area contributed by atoms with Crippen molar-refractivity contribution in [3.63, 3.8) is 0 Å². The molecule has 0 spiro atoms. The highest BCUT2D eigenvalue weighted by molar-refractivity contribution is 6.70. The van der Waals surface area contributed by atoms with Gasteiger partial charge >= 0.3 is 0 Å². The molecule has 0 atom stereocenters. The van der Waals surface area contributed by atoms with E-state index in [2.05, 4.69) is 32.3 Å². The van der Waals surface area contributed by atoms with Gasteiger partial charge in [0.25, 0.3) is 0 Å². The number of hydrogen-bond donors (Lipinski definition) is 0. The van der Waals surface area contributed by atoms with Gasteiger partial charge in [0.2, 0.25) is 8.32 Å². The van der Waals surface area contributed by atoms with Crippen molar-refractivity contribution in [2.24, 2.45) is 0 Å². The van der Waals surface area contributed by atoms with Gasteiger partial charge in [-0.3, -0.25) is 0 Å². The van der Waals surface area contributed by atoms with Crippen LogP contribution in [0.4, 0.5) is 0 Å². The Kier molecular flexibility index (Phi) is 4.41. The van der Waals surface area contributed by atoms with Gasteiger partial charge in [-0.05, 0) is 38.6 Å². The lowest BCUT2D eigenvalue weighted by Gasteiger charge is -2.27. The third-order valence-electron chi connectivity index (χ3n) is 2.35. The summed E-state index contributed by atoms with van der Waals surface area (Å²) >= 11 is 0. The maximum Gasteiger partial charge on any atom is 0.242 e. The second-order valence-electron chi connectivity index (χ2n) is 4.92. The van der Waals surface area contributed by atoms with Gasteiger partial charge in [-0.25, -0.2) is 0 Å². The quantitative estimate of drug-likeness (QED) is 0.532. The van der Waals surface area contributed by atoms with Crippen LogP contribution in [0.2, 0.25) is 19.6 Å². The van der Waals surface area contributed by atoms with E-state index in [4.69, 9.17) is 9.16 Å². The molecule has 0 radical (unpaired) electrons. The Morgan fingerprint density at radius 1 is 1.44 bits per heavy atom. The topological polar surface area (TPSA) is 18.5 Å². The molecule has 1 aliphatic carbocycles. The molecule has 0 aromatic rings. The van der Waals surface area contributed by atoms with Crippen molar-refractivity contribution in [2.75, 3.05) is 7.11 Å². The Labute approximate surface area is 99.8 Å². The maximum absolute atomic E-state index is 6.09. The molecule has 3 heteroatoms. The van der Waals surface area contributed by atoms with Gasteiger partial charge in [0, 0.05) is 12.0 Å². The fourth-order valence-corrected chi connectivity index (χ4v) is 2.63. The Morgan fingerprint density at radius 3 is 2.62 bits per heavy atom. The average Bonchev–Trinajstić information content (AvgIpc) is 2.18. The van der Waals surface area contributed by atoms with Crippen LogP contribution in [-0.4, -0.2) is 15.4 Å². The highest BCUT2D eigenvalue weighted by atomic mass is 28.4. The lowest BCUT2D eigenvalue weighted by molar-refractivity contribution is 0.264. The van der Waals surface area contributed by atoms with Crippen molar-refractivity contribution >= 4 is 8.32 Å². The molecular formula is C13H22O2Si. The molecule has 0 aromatic heterocycles. The Bertz CT molecular complexity index is 321. The molecule has 0 N–H and O–H groups in total. The molecule has 0 aliphatic heterocycles. The van der Waals surface area contributed by atoms with Crippen LogP contribution in [0, 0.1) is 0 Å². The maximum atomic E-state index is 6.09. The molecular weight excluding hydrogens is 216 g/mol. The number of ether oxygens (including phenoxy) is 1. The van der Waals surface area contributed by atoms with Crippen LogP contribution in [0.15, 0.2) is 35.8 Å². The summed E-state index contributed by atoms with van der Waals surface area (Å²) in [5.41, 5.74) is 1.17. The molecule has 0 amide bonds. The lowest BCUT2D eigenvalue weighted by Crippen LogP contribution is -2.26. The van der Waals surface area contributed by atoms with E-state index in [0.29, 0.717) is 0 Å². The van der Waals surface area contributed by atoms with Gasteiger partial charge in [0.15, 0.2) is 0 Å². The van der Waals surface area contributed by atoms with E-state index in [-0.39, 0.29) is 0 Å². The van der Waals surface area contributed by atoms with Gasteiger partial charge < -0.3 is 9.16 Å². The standard InChI is InChI=1S/C13H22O2Si/c1-6-8-11-12(14-2)9-7-10-13(11)15-16(3,4)5/h6,10H,1,7-9H2,2-5H3. The third-order valence-corrected chi connectivity index (χ3v) is 3.18. The van der Waals surface area contributed by atoms with Crippen LogP contribution < -0.4 is 0 Å². The highest BCUT2D eigenvalue weighted by Gasteiger charge is 2.23. The zero-order valence-corrected chi connectivity index (χ0v) is 11.8. The smallest absolute Gasteiger partial charge is 0.242 e. The SMILES string of the molecule is C=CCC1=C(OC)CCC=C1O[Si](C)(C)C. The van der Waals surface area contributed by atoms with Gasteiger partial charge in [-0.15, -0.1) is 6.58 Å². The lowest BCUT2D eigenvalue weighted by atomic mass is 10.0. The van der Waals surface area contributed by atoms with Gasteiger partial charge in [-0.2, -0.15) is 0 Å². The van der Waals surface area contributed by atoms with Crippen molar-refractivity contribution < 1.29 is 9.16 Å². The van der Waals surface area contributed by atoms with Gasteiger partial charge in [0.05, 0.1) is 7.11 Å². The average molecular weight is 238 g/mol.